The minimum Gasteiger partial charge on any atom is -0.400 e. The summed E-state index contributed by atoms with van der Waals surface area (Å²) in [6.45, 7) is 15.2. The van der Waals surface area contributed by atoms with Gasteiger partial charge in [0.25, 0.3) is 0 Å². The smallest absolute Gasteiger partial charge is 0.142 e. The van der Waals surface area contributed by atoms with E-state index in [1.54, 1.807) is 13.1 Å². The number of nitrogens with two attached hydrogens (primary N) is 1. The molecule has 0 aromatic heterocycles. The number of nitrogens with zero attached hydrogens (tertiary/aromatic N) is 2. The largest absolute Gasteiger partial charge is 0.400 e. The summed E-state index contributed by atoms with van der Waals surface area (Å²) >= 11 is 0. The van der Waals surface area contributed by atoms with Crippen LogP contribution in [0.4, 0.5) is 0 Å². The van der Waals surface area contributed by atoms with Crippen LogP contribution in [0.3, 0.4) is 0 Å². The molecule has 3 atom stereocenters. The number of amidine groups is 1. The van der Waals surface area contributed by atoms with Crippen molar-refractivity contribution in [3.63, 3.8) is 0 Å². The molecule has 0 heterocycles. The molecule has 4 N–H and O–H groups in total. The van der Waals surface area contributed by atoms with Gasteiger partial charge in [-0.3, -0.25) is 4.99 Å². The summed E-state index contributed by atoms with van der Waals surface area (Å²) in [5, 5.41) is 11.5. The van der Waals surface area contributed by atoms with Gasteiger partial charge in [0.05, 0.1) is 5.41 Å². The number of ether oxygens (including phenoxy) is 1. The van der Waals surface area contributed by atoms with Crippen molar-refractivity contribution in [2.45, 2.75) is 47.0 Å². The van der Waals surface area contributed by atoms with Gasteiger partial charge >= 0.3 is 0 Å². The van der Waals surface area contributed by atoms with E-state index in [0.717, 1.165) is 6.42 Å². The normalized spacial score (nSPS) is 20.5. The lowest BCUT2D eigenvalue weighted by atomic mass is 9.66. The highest BCUT2D eigenvalue weighted by atomic mass is 16.5. The third kappa shape index (κ3) is 7.26. The van der Waals surface area contributed by atoms with Gasteiger partial charge in [0.2, 0.25) is 0 Å². The van der Waals surface area contributed by atoms with E-state index < -0.39 is 5.41 Å². The maximum Gasteiger partial charge on any atom is 0.142 e. The Kier molecular flexibility index (Phi) is 11.3. The molecule has 0 aliphatic heterocycles. The number of aliphatic imine (C=N–C) groups is 1. The van der Waals surface area contributed by atoms with Crippen LogP contribution in [-0.2, 0) is 4.74 Å². The van der Waals surface area contributed by atoms with Crippen LogP contribution in [0, 0.1) is 16.7 Å². The topological polar surface area (TPSA) is 86.7 Å². The van der Waals surface area contributed by atoms with Gasteiger partial charge in [-0.2, -0.15) is 0 Å². The number of allylic oxidation sites excluding steroid dienone is 3. The summed E-state index contributed by atoms with van der Waals surface area (Å²) in [4.78, 5) is 6.28. The molecule has 0 saturated heterocycles. The molecule has 32 heavy (non-hydrogen) atoms. The SMILES string of the molecule is C=C/C(C(=NC)N(C)COCC)=C(/N)C(C)(C=N)/C=C\NC(C)C1=CC(C)CC([B]C)=C1. The van der Waals surface area contributed by atoms with Crippen LogP contribution in [0.25, 0.3) is 0 Å². The maximum atomic E-state index is 8.08. The van der Waals surface area contributed by atoms with Crippen LogP contribution in [0.15, 0.2) is 64.4 Å². The fourth-order valence-electron chi connectivity index (χ4n) is 3.63. The standard InChI is InChI=1S/C25H41BN5O/c1-9-22(24(29-7)31(8)17-32-10-2)23(28)25(5,16-27)11-12-30-19(4)20-13-18(3)14-21(15-20)26-6/h9,11-13,15-16,18-19,27,30H,1,10,14,17,28H2,2-8H3/b12-11-,23-22-,27-16?,29-24?. The molecule has 0 aromatic rings. The Hall–Kier alpha value is -2.54. The van der Waals surface area contributed by atoms with Crippen molar-refractivity contribution in [1.82, 2.24) is 10.2 Å². The van der Waals surface area contributed by atoms with Gasteiger partial charge in [0.15, 0.2) is 0 Å². The number of rotatable bonds is 12. The Morgan fingerprint density at radius 2 is 2.25 bits per heavy atom. The Morgan fingerprint density at radius 1 is 1.56 bits per heavy atom. The lowest BCUT2D eigenvalue weighted by molar-refractivity contribution is 0.0857. The molecule has 1 aliphatic carbocycles. The monoisotopic (exact) mass is 438 g/mol. The first kappa shape index (κ1) is 27.5. The van der Waals surface area contributed by atoms with Gasteiger partial charge < -0.3 is 26.1 Å². The molecule has 175 valence electrons. The summed E-state index contributed by atoms with van der Waals surface area (Å²) in [6, 6.07) is 0.146. The van der Waals surface area contributed by atoms with Gasteiger partial charge in [0.1, 0.15) is 19.8 Å². The lowest BCUT2D eigenvalue weighted by Gasteiger charge is -2.28. The molecule has 0 bridgehead atoms. The third-order valence-corrected chi connectivity index (χ3v) is 5.71. The average molecular weight is 438 g/mol. The van der Waals surface area contributed by atoms with Crippen molar-refractivity contribution in [3.05, 3.63) is 59.4 Å². The van der Waals surface area contributed by atoms with E-state index in [-0.39, 0.29) is 6.04 Å². The van der Waals surface area contributed by atoms with E-state index >= 15 is 0 Å². The fourth-order valence-corrected chi connectivity index (χ4v) is 3.63. The van der Waals surface area contributed by atoms with Gasteiger partial charge in [-0.25, -0.2) is 0 Å². The van der Waals surface area contributed by atoms with Crippen LogP contribution in [0.1, 0.15) is 34.1 Å². The highest BCUT2D eigenvalue weighted by molar-refractivity contribution is 6.43. The van der Waals surface area contributed by atoms with E-state index in [4.69, 9.17) is 15.9 Å². The highest BCUT2D eigenvalue weighted by Gasteiger charge is 2.27. The molecule has 1 rings (SSSR count). The van der Waals surface area contributed by atoms with Crippen molar-refractivity contribution >= 4 is 19.3 Å². The molecular formula is C25H41BN5O. The van der Waals surface area contributed by atoms with Crippen molar-refractivity contribution in [3.8, 4) is 0 Å². The van der Waals surface area contributed by atoms with Gasteiger partial charge in [-0.1, -0.05) is 44.6 Å². The second-order valence-corrected chi connectivity index (χ2v) is 8.40. The quantitative estimate of drug-likeness (QED) is 0.141. The summed E-state index contributed by atoms with van der Waals surface area (Å²) in [6.07, 6.45) is 12.5. The van der Waals surface area contributed by atoms with Gasteiger partial charge in [-0.05, 0) is 44.9 Å². The predicted octanol–water partition coefficient (Wildman–Crippen LogP) is 4.09. The average Bonchev–Trinajstić information content (AvgIpc) is 2.79. The Labute approximate surface area is 195 Å². The minimum absolute atomic E-state index is 0.146. The molecule has 0 aromatic carbocycles. The van der Waals surface area contributed by atoms with E-state index in [1.807, 2.05) is 38.1 Å². The van der Waals surface area contributed by atoms with Gasteiger partial charge in [0, 0.05) is 44.2 Å². The first-order valence-electron chi connectivity index (χ1n) is 11.2. The zero-order chi connectivity index (χ0) is 24.3. The number of hydrogen-bond acceptors (Lipinski definition) is 5. The third-order valence-electron chi connectivity index (χ3n) is 5.71. The molecule has 0 saturated carbocycles. The lowest BCUT2D eigenvalue weighted by Crippen LogP contribution is -2.35. The first-order valence-corrected chi connectivity index (χ1v) is 11.2. The van der Waals surface area contributed by atoms with E-state index in [2.05, 4.69) is 57.0 Å². The van der Waals surface area contributed by atoms with E-state index in [9.17, 15) is 0 Å². The summed E-state index contributed by atoms with van der Waals surface area (Å²) in [5.41, 5.74) is 9.60. The molecule has 0 fully saturated rings. The number of hydrogen-bond donors (Lipinski definition) is 3. The second kappa shape index (κ2) is 13.1. The van der Waals surface area contributed by atoms with Crippen molar-refractivity contribution in [2.75, 3.05) is 27.4 Å². The first-order chi connectivity index (χ1) is 15.2. The molecular weight excluding hydrogens is 397 g/mol. The number of nitrogens with one attached hydrogen (secondary N) is 2. The van der Waals surface area contributed by atoms with Crippen LogP contribution in [-0.4, -0.2) is 57.7 Å². The van der Waals surface area contributed by atoms with Crippen LogP contribution >= 0.6 is 0 Å². The fraction of sp³-hybridized carbons (Fsp3) is 0.520. The molecule has 3 unspecified atom stereocenters. The Bertz CT molecular complexity index is 811. The zero-order valence-electron chi connectivity index (χ0n) is 20.9. The van der Waals surface area contributed by atoms with Crippen molar-refractivity contribution < 1.29 is 4.74 Å². The van der Waals surface area contributed by atoms with Crippen molar-refractivity contribution in [2.24, 2.45) is 22.1 Å². The molecule has 0 amide bonds. The highest BCUT2D eigenvalue weighted by Crippen LogP contribution is 2.27. The Balaban J connectivity index is 3.12. The maximum absolute atomic E-state index is 8.08. The summed E-state index contributed by atoms with van der Waals surface area (Å²) in [5.74, 6) is 1.19. The van der Waals surface area contributed by atoms with Crippen LogP contribution < -0.4 is 11.1 Å². The second-order valence-electron chi connectivity index (χ2n) is 8.40. The van der Waals surface area contributed by atoms with Crippen LogP contribution in [0.5, 0.6) is 0 Å². The minimum atomic E-state index is -0.801. The zero-order valence-corrected chi connectivity index (χ0v) is 20.9. The van der Waals surface area contributed by atoms with E-state index in [0.29, 0.717) is 36.4 Å². The van der Waals surface area contributed by atoms with Crippen LogP contribution in [0.2, 0.25) is 6.82 Å². The molecule has 6 nitrogen and oxygen atoms in total. The number of likely N-dealkylation sites (N-methyl/N-ethyl adjacent to an activating group) is 1. The molecule has 1 aliphatic rings. The Morgan fingerprint density at radius 3 is 2.78 bits per heavy atom. The van der Waals surface area contributed by atoms with Crippen molar-refractivity contribution in [1.29, 1.82) is 5.41 Å². The van der Waals surface area contributed by atoms with Gasteiger partial charge in [-0.15, -0.1) is 5.47 Å². The summed E-state index contributed by atoms with van der Waals surface area (Å²) in [7, 11) is 5.78. The van der Waals surface area contributed by atoms with E-state index in [1.165, 1.54) is 17.3 Å². The molecule has 7 heteroatoms. The summed E-state index contributed by atoms with van der Waals surface area (Å²) < 4.78 is 5.50. The molecule has 0 spiro atoms. The predicted molar refractivity (Wildman–Crippen MR) is 139 cm³/mol. The molecule has 1 radical (unpaired) electrons.